The van der Waals surface area contributed by atoms with E-state index in [2.05, 4.69) is 409 Å². The van der Waals surface area contributed by atoms with Gasteiger partial charge in [0, 0.05) is 111 Å². The summed E-state index contributed by atoms with van der Waals surface area (Å²) in [5.74, 6) is 3.60. The van der Waals surface area contributed by atoms with Gasteiger partial charge in [0.1, 0.15) is 22.3 Å². The molecule has 4 heterocycles. The Hall–Kier alpha value is -18.4. The first-order valence-corrected chi connectivity index (χ1v) is 49.7. The maximum Gasteiger partial charge on any atom is 0.164 e. The number of furan rings is 2. The zero-order valence-electron chi connectivity index (χ0n) is 80.9. The molecule has 0 atom stereocenters. The Morgan fingerprint density at radius 1 is 0.179 bits per heavy atom. The molecule has 0 saturated carbocycles. The average molecular weight is 1860 g/mol. The Bertz CT molecular complexity index is 9060. The number of benzene rings is 20. The molecule has 688 valence electrons. The van der Waals surface area contributed by atoms with Crippen LogP contribution in [0.15, 0.2) is 482 Å². The normalized spacial score (nSPS) is 13.1. The molecular weight excluding hydrogens is 1770 g/mol. The third-order valence-electron chi connectivity index (χ3n) is 29.9. The first-order valence-electron chi connectivity index (χ1n) is 49.7. The van der Waals surface area contributed by atoms with Crippen LogP contribution in [0.2, 0.25) is 0 Å². The number of fused-ring (bicyclic) bond motifs is 15. The number of para-hydroxylation sites is 1. The zero-order chi connectivity index (χ0) is 97.2. The van der Waals surface area contributed by atoms with Gasteiger partial charge >= 0.3 is 0 Å². The number of nitrogens with zero attached hydrogens (tertiary/aromatic N) is 8. The van der Waals surface area contributed by atoms with Crippen molar-refractivity contribution in [2.24, 2.45) is 0 Å². The molecule has 0 unspecified atom stereocenters. The van der Waals surface area contributed by atoms with Gasteiger partial charge in [0.05, 0.1) is 11.4 Å². The van der Waals surface area contributed by atoms with Crippen LogP contribution in [0.4, 0.5) is 34.1 Å². The lowest BCUT2D eigenvalue weighted by atomic mass is 9.82. The number of anilines is 6. The second kappa shape index (κ2) is 35.1. The molecule has 0 saturated heterocycles. The van der Waals surface area contributed by atoms with Crippen LogP contribution in [0, 0.1) is 0 Å². The highest BCUT2D eigenvalue weighted by molar-refractivity contribution is 6.16. The van der Waals surface area contributed by atoms with Gasteiger partial charge in [-0.3, -0.25) is 0 Å². The van der Waals surface area contributed by atoms with Crippen LogP contribution in [-0.2, 0) is 16.2 Å². The molecule has 10 nitrogen and oxygen atoms in total. The van der Waals surface area contributed by atoms with Crippen molar-refractivity contribution >= 4 is 78.0 Å². The summed E-state index contributed by atoms with van der Waals surface area (Å²) < 4.78 is 13.6. The third kappa shape index (κ3) is 15.1. The third-order valence-corrected chi connectivity index (χ3v) is 29.9. The molecular formula is C135H96N8O2. The van der Waals surface area contributed by atoms with E-state index in [1.54, 1.807) is 0 Å². The average Bonchev–Trinajstić information content (AvgIpc) is 1.56. The number of rotatable bonds is 17. The molecule has 4 aromatic heterocycles. The second-order valence-electron chi connectivity index (χ2n) is 39.5. The van der Waals surface area contributed by atoms with Gasteiger partial charge in [0.2, 0.25) is 0 Å². The van der Waals surface area contributed by atoms with Crippen LogP contribution in [-0.4, -0.2) is 29.9 Å². The van der Waals surface area contributed by atoms with Crippen LogP contribution >= 0.6 is 0 Å². The van der Waals surface area contributed by atoms with Crippen molar-refractivity contribution in [3.63, 3.8) is 0 Å². The highest BCUT2D eigenvalue weighted by Gasteiger charge is 2.42. The topological polar surface area (TPSA) is 110 Å². The van der Waals surface area contributed by atoms with E-state index in [0.717, 1.165) is 156 Å². The Morgan fingerprint density at radius 2 is 0.497 bits per heavy atom. The molecule has 0 aliphatic heterocycles. The lowest BCUT2D eigenvalue weighted by Crippen LogP contribution is -2.17. The van der Waals surface area contributed by atoms with Crippen LogP contribution in [0.25, 0.3) is 201 Å². The fourth-order valence-corrected chi connectivity index (χ4v) is 22.6. The maximum atomic E-state index is 6.86. The first kappa shape index (κ1) is 86.9. The Labute approximate surface area is 842 Å². The molecule has 10 heteroatoms. The molecule has 0 spiro atoms. The highest BCUT2D eigenvalue weighted by Crippen LogP contribution is 2.59. The van der Waals surface area contributed by atoms with Crippen molar-refractivity contribution in [2.75, 3.05) is 9.80 Å². The van der Waals surface area contributed by atoms with Gasteiger partial charge in [-0.2, -0.15) is 0 Å². The second-order valence-corrected chi connectivity index (χ2v) is 39.5. The van der Waals surface area contributed by atoms with Gasteiger partial charge in [0.25, 0.3) is 0 Å². The maximum absolute atomic E-state index is 6.86. The van der Waals surface area contributed by atoms with Gasteiger partial charge in [0.15, 0.2) is 34.9 Å². The minimum absolute atomic E-state index is 0.132. The fraction of sp³-hybridized carbons (Fsp3) is 0.0667. The molecule has 145 heavy (non-hydrogen) atoms. The zero-order valence-corrected chi connectivity index (χ0v) is 80.9. The fourth-order valence-electron chi connectivity index (χ4n) is 22.6. The van der Waals surface area contributed by atoms with E-state index in [4.69, 9.17) is 38.7 Å². The predicted molar refractivity (Wildman–Crippen MR) is 596 cm³/mol. The molecule has 0 radical (unpaired) electrons. The van der Waals surface area contributed by atoms with Crippen LogP contribution in [0.5, 0.6) is 0 Å². The summed E-state index contributed by atoms with van der Waals surface area (Å²) in [4.78, 5) is 35.8. The van der Waals surface area contributed by atoms with Crippen LogP contribution < -0.4 is 9.80 Å². The van der Waals surface area contributed by atoms with E-state index >= 15 is 0 Å². The van der Waals surface area contributed by atoms with Crippen molar-refractivity contribution in [1.29, 1.82) is 0 Å². The van der Waals surface area contributed by atoms with Crippen molar-refractivity contribution in [2.45, 2.75) is 57.8 Å². The summed E-state index contributed by atoms with van der Waals surface area (Å²) in [6.45, 7) is 14.1. The molecule has 20 aromatic carbocycles. The Kier molecular flexibility index (Phi) is 21.1. The lowest BCUT2D eigenvalue weighted by Gasteiger charge is -2.30. The molecule has 0 amide bonds. The Balaban J connectivity index is 0.000000149. The standard InChI is InChI=1S/C72H50N4O.C63H46N4O/c1-72(2)62-29-16-15-27-59(62)68-63(72)30-18-31-64(68)76(57-38-33-50(34-39-57)47-19-7-3-8-20-47)58-40-35-51(36-41-58)53-37-42-60-66(46-53)77-65-32-17-28-61(67(60)65)71-74-69(52-25-13-6-14-26-52)73-70(75-71)56-44-54(48-21-9-4-10-22-48)43-55(45-56)49-23-11-5-12-24-49;1-62(2)51-28-14-12-23-47(51)57-52(62)29-17-30-54(57)67(43-36-37-46-45-22-11-13-27-50(45)63(3,4)53(46)38-43)42-34-32-39(33-35-42)44-24-15-25-48-56-49(26-16-31-55(56)68-58(44)48)61-65-59(40-18-7-5-8-19-40)64-60(66-61)41-20-9-6-10-21-41/h3-46H,1-2H3;5-38H,1-4H3. The molecule has 0 fully saturated rings. The molecule has 0 bridgehead atoms. The summed E-state index contributed by atoms with van der Waals surface area (Å²) in [7, 11) is 0. The summed E-state index contributed by atoms with van der Waals surface area (Å²) in [5.41, 5.74) is 41.7. The lowest BCUT2D eigenvalue weighted by molar-refractivity contribution is 0.660. The van der Waals surface area contributed by atoms with E-state index in [9.17, 15) is 0 Å². The number of aromatic nitrogens is 6. The largest absolute Gasteiger partial charge is 0.456 e. The molecule has 27 rings (SSSR count). The Morgan fingerprint density at radius 3 is 0.979 bits per heavy atom. The summed E-state index contributed by atoms with van der Waals surface area (Å²) in [5, 5.41) is 3.92. The predicted octanol–water partition coefficient (Wildman–Crippen LogP) is 35.7. The van der Waals surface area contributed by atoms with Crippen molar-refractivity contribution in [3.05, 3.63) is 507 Å². The van der Waals surface area contributed by atoms with Gasteiger partial charge in [-0.15, -0.1) is 0 Å². The van der Waals surface area contributed by atoms with E-state index in [-0.39, 0.29) is 16.2 Å². The summed E-state index contributed by atoms with van der Waals surface area (Å²) in [6, 6.07) is 168. The minimum Gasteiger partial charge on any atom is -0.456 e. The van der Waals surface area contributed by atoms with E-state index in [1.165, 1.54) is 77.9 Å². The van der Waals surface area contributed by atoms with E-state index in [0.29, 0.717) is 34.9 Å². The monoisotopic (exact) mass is 1860 g/mol. The number of hydrogen-bond donors (Lipinski definition) is 0. The number of hydrogen-bond acceptors (Lipinski definition) is 10. The van der Waals surface area contributed by atoms with Gasteiger partial charge in [-0.05, 0) is 209 Å². The molecule has 3 aliphatic rings. The van der Waals surface area contributed by atoms with Crippen molar-refractivity contribution in [3.8, 4) is 157 Å². The van der Waals surface area contributed by atoms with Gasteiger partial charge in [-0.1, -0.05) is 412 Å². The SMILES string of the molecule is CC1(C)c2ccccc2-c2c(N(c3ccc(-c4ccccc4)cc3)c3ccc(-c4ccc5c(c4)oc4cccc(-c6nc(-c7ccccc7)nc(-c7cc(-c8ccccc8)cc(-c8ccccc8)c7)n6)c45)cc3)cccc21.CC1(C)c2ccccc2-c2ccc(N(c3ccc(-c4cccc5c4oc4cccc(-c6nc(-c7ccccc7)nc(-c7ccccc7)n6)c45)cc3)c3cccc4c3-c3ccccc3C4(C)C)cc21. The van der Waals surface area contributed by atoms with Crippen LogP contribution in [0.1, 0.15) is 74.9 Å². The molecule has 3 aliphatic carbocycles. The quantitative estimate of drug-likeness (QED) is 0.0874. The summed E-state index contributed by atoms with van der Waals surface area (Å²) >= 11 is 0. The van der Waals surface area contributed by atoms with Gasteiger partial charge in [-0.25, -0.2) is 29.9 Å². The minimum atomic E-state index is -0.145. The van der Waals surface area contributed by atoms with E-state index < -0.39 is 0 Å². The molecule has 0 N–H and O–H groups in total. The van der Waals surface area contributed by atoms with E-state index in [1.807, 2.05) is 115 Å². The van der Waals surface area contributed by atoms with Crippen LogP contribution in [0.3, 0.4) is 0 Å². The van der Waals surface area contributed by atoms with Crippen molar-refractivity contribution in [1.82, 2.24) is 29.9 Å². The highest BCUT2D eigenvalue weighted by atomic mass is 16.3. The summed E-state index contributed by atoms with van der Waals surface area (Å²) in [6.07, 6.45) is 0. The smallest absolute Gasteiger partial charge is 0.164 e. The van der Waals surface area contributed by atoms with Crippen molar-refractivity contribution < 1.29 is 8.83 Å². The van der Waals surface area contributed by atoms with Gasteiger partial charge < -0.3 is 18.6 Å². The first-order chi connectivity index (χ1) is 71.1. The molecule has 24 aromatic rings.